The zero-order valence-electron chi connectivity index (χ0n) is 12.2. The SMILES string of the molecule is COc1ccc(OC)c(CC(=O)N2CCCC2C(=O)O)c1. The average molecular weight is 293 g/mol. The molecular weight excluding hydrogens is 274 g/mol. The second-order valence-corrected chi connectivity index (χ2v) is 4.94. The van der Waals surface area contributed by atoms with Crippen LogP contribution in [-0.4, -0.2) is 48.7 Å². The van der Waals surface area contributed by atoms with Gasteiger partial charge in [0.2, 0.25) is 5.91 Å². The lowest BCUT2D eigenvalue weighted by molar-refractivity contribution is -0.148. The first-order valence-electron chi connectivity index (χ1n) is 6.80. The number of carboxylic acids is 1. The first-order valence-corrected chi connectivity index (χ1v) is 6.80. The topological polar surface area (TPSA) is 76.1 Å². The highest BCUT2D eigenvalue weighted by molar-refractivity contribution is 5.86. The molecule has 1 aliphatic rings. The van der Waals surface area contributed by atoms with Gasteiger partial charge in [-0.05, 0) is 31.0 Å². The Hall–Kier alpha value is -2.24. The molecule has 0 radical (unpaired) electrons. The van der Waals surface area contributed by atoms with Crippen LogP contribution >= 0.6 is 0 Å². The summed E-state index contributed by atoms with van der Waals surface area (Å²) in [5.74, 6) is 0.0786. The summed E-state index contributed by atoms with van der Waals surface area (Å²) in [7, 11) is 3.08. The molecule has 21 heavy (non-hydrogen) atoms. The first kappa shape index (κ1) is 15.2. The van der Waals surface area contributed by atoms with Gasteiger partial charge in [-0.3, -0.25) is 4.79 Å². The van der Waals surface area contributed by atoms with E-state index in [-0.39, 0.29) is 12.3 Å². The minimum atomic E-state index is -0.946. The molecular formula is C15H19NO5. The summed E-state index contributed by atoms with van der Waals surface area (Å²) in [4.78, 5) is 24.9. The molecule has 114 valence electrons. The van der Waals surface area contributed by atoms with E-state index in [1.165, 1.54) is 12.0 Å². The molecule has 1 N–H and O–H groups in total. The van der Waals surface area contributed by atoms with Gasteiger partial charge in [0, 0.05) is 12.1 Å². The van der Waals surface area contributed by atoms with E-state index in [4.69, 9.17) is 14.6 Å². The van der Waals surface area contributed by atoms with Crippen LogP contribution in [0.2, 0.25) is 0 Å². The molecule has 6 nitrogen and oxygen atoms in total. The lowest BCUT2D eigenvalue weighted by atomic mass is 10.1. The quantitative estimate of drug-likeness (QED) is 0.886. The maximum atomic E-state index is 12.4. The third-order valence-electron chi connectivity index (χ3n) is 3.69. The summed E-state index contributed by atoms with van der Waals surface area (Å²) in [5, 5.41) is 9.14. The molecule has 1 amide bonds. The molecule has 0 aliphatic carbocycles. The van der Waals surface area contributed by atoms with Crippen molar-refractivity contribution in [1.29, 1.82) is 0 Å². The predicted octanol–water partition coefficient (Wildman–Crippen LogP) is 1.32. The number of carboxylic acid groups (broad SMARTS) is 1. The number of carbonyl (C=O) groups is 2. The van der Waals surface area contributed by atoms with Crippen molar-refractivity contribution in [1.82, 2.24) is 4.90 Å². The van der Waals surface area contributed by atoms with Gasteiger partial charge in [0.05, 0.1) is 20.6 Å². The van der Waals surface area contributed by atoms with E-state index in [0.29, 0.717) is 30.0 Å². The number of rotatable bonds is 5. The lowest BCUT2D eigenvalue weighted by Gasteiger charge is -2.22. The number of likely N-dealkylation sites (tertiary alicyclic amines) is 1. The van der Waals surface area contributed by atoms with Crippen LogP contribution < -0.4 is 9.47 Å². The van der Waals surface area contributed by atoms with Crippen molar-refractivity contribution < 1.29 is 24.2 Å². The van der Waals surface area contributed by atoms with Gasteiger partial charge >= 0.3 is 5.97 Å². The number of amides is 1. The number of carbonyl (C=O) groups excluding carboxylic acids is 1. The van der Waals surface area contributed by atoms with Gasteiger partial charge in [-0.25, -0.2) is 4.79 Å². The van der Waals surface area contributed by atoms with Gasteiger partial charge in [0.25, 0.3) is 0 Å². The van der Waals surface area contributed by atoms with E-state index in [0.717, 1.165) is 6.42 Å². The zero-order valence-corrected chi connectivity index (χ0v) is 12.2. The van der Waals surface area contributed by atoms with Gasteiger partial charge < -0.3 is 19.5 Å². The summed E-state index contributed by atoms with van der Waals surface area (Å²) in [5.41, 5.74) is 0.692. The molecule has 0 aromatic heterocycles. The number of aliphatic carboxylic acids is 1. The van der Waals surface area contributed by atoms with Crippen LogP contribution in [0.3, 0.4) is 0 Å². The fourth-order valence-electron chi connectivity index (χ4n) is 2.61. The molecule has 0 bridgehead atoms. The molecule has 1 aromatic carbocycles. The number of ether oxygens (including phenoxy) is 2. The van der Waals surface area contributed by atoms with Crippen LogP contribution in [0, 0.1) is 0 Å². The van der Waals surface area contributed by atoms with Crippen molar-refractivity contribution in [2.24, 2.45) is 0 Å². The van der Waals surface area contributed by atoms with Crippen LogP contribution in [0.15, 0.2) is 18.2 Å². The van der Waals surface area contributed by atoms with Crippen molar-refractivity contribution in [2.45, 2.75) is 25.3 Å². The van der Waals surface area contributed by atoms with Crippen molar-refractivity contribution in [3.05, 3.63) is 23.8 Å². The smallest absolute Gasteiger partial charge is 0.326 e. The highest BCUT2D eigenvalue weighted by atomic mass is 16.5. The molecule has 1 saturated heterocycles. The molecule has 2 rings (SSSR count). The molecule has 6 heteroatoms. The molecule has 1 atom stereocenters. The summed E-state index contributed by atoms with van der Waals surface area (Å²) in [6.07, 6.45) is 1.33. The Morgan fingerprint density at radius 1 is 1.33 bits per heavy atom. The van der Waals surface area contributed by atoms with Gasteiger partial charge in [0.1, 0.15) is 17.5 Å². The fraction of sp³-hybridized carbons (Fsp3) is 0.467. The highest BCUT2D eigenvalue weighted by Crippen LogP contribution is 2.26. The van der Waals surface area contributed by atoms with Crippen LogP contribution in [0.25, 0.3) is 0 Å². The van der Waals surface area contributed by atoms with Gasteiger partial charge in [-0.1, -0.05) is 0 Å². The molecule has 0 spiro atoms. The molecule has 0 saturated carbocycles. The fourth-order valence-corrected chi connectivity index (χ4v) is 2.61. The third kappa shape index (κ3) is 3.26. The van der Waals surface area contributed by atoms with E-state index in [2.05, 4.69) is 0 Å². The first-order chi connectivity index (χ1) is 10.1. The minimum Gasteiger partial charge on any atom is -0.497 e. The van der Waals surface area contributed by atoms with Crippen LogP contribution in [0.5, 0.6) is 11.5 Å². The number of hydrogen-bond donors (Lipinski definition) is 1. The van der Waals surface area contributed by atoms with Crippen LogP contribution in [0.1, 0.15) is 18.4 Å². The highest BCUT2D eigenvalue weighted by Gasteiger charge is 2.34. The Morgan fingerprint density at radius 3 is 2.71 bits per heavy atom. The Kier molecular flexibility index (Phi) is 4.67. The standard InChI is InChI=1S/C15H19NO5/c1-20-11-5-6-13(21-2)10(8-11)9-14(17)16-7-3-4-12(16)15(18)19/h5-6,8,12H,3-4,7,9H2,1-2H3,(H,18,19). The van der Waals surface area contributed by atoms with E-state index in [1.807, 2.05) is 0 Å². The Morgan fingerprint density at radius 2 is 2.10 bits per heavy atom. The maximum Gasteiger partial charge on any atom is 0.326 e. The molecule has 1 aromatic rings. The summed E-state index contributed by atoms with van der Waals surface area (Å²) in [6.45, 7) is 0.488. The molecule has 1 fully saturated rings. The second kappa shape index (κ2) is 6.47. The zero-order chi connectivity index (χ0) is 15.4. The van der Waals surface area contributed by atoms with Crippen molar-refractivity contribution >= 4 is 11.9 Å². The normalized spacial score (nSPS) is 17.6. The second-order valence-electron chi connectivity index (χ2n) is 4.94. The number of benzene rings is 1. The summed E-state index contributed by atoms with van der Waals surface area (Å²) < 4.78 is 10.4. The Balaban J connectivity index is 2.17. The van der Waals surface area contributed by atoms with Crippen LogP contribution in [0.4, 0.5) is 0 Å². The molecule has 1 aliphatic heterocycles. The monoisotopic (exact) mass is 293 g/mol. The largest absolute Gasteiger partial charge is 0.497 e. The number of hydrogen-bond acceptors (Lipinski definition) is 4. The maximum absolute atomic E-state index is 12.4. The van der Waals surface area contributed by atoms with Gasteiger partial charge in [0.15, 0.2) is 0 Å². The lowest BCUT2D eigenvalue weighted by Crippen LogP contribution is -2.41. The van der Waals surface area contributed by atoms with Gasteiger partial charge in [-0.2, -0.15) is 0 Å². The van der Waals surface area contributed by atoms with E-state index in [9.17, 15) is 9.59 Å². The summed E-state index contributed by atoms with van der Waals surface area (Å²) >= 11 is 0. The molecule has 1 unspecified atom stereocenters. The summed E-state index contributed by atoms with van der Waals surface area (Å²) in [6, 6.07) is 4.51. The Bertz CT molecular complexity index is 543. The number of methoxy groups -OCH3 is 2. The Labute approximate surface area is 123 Å². The van der Waals surface area contributed by atoms with E-state index < -0.39 is 12.0 Å². The van der Waals surface area contributed by atoms with Crippen molar-refractivity contribution in [2.75, 3.05) is 20.8 Å². The van der Waals surface area contributed by atoms with Crippen molar-refractivity contribution in [3.63, 3.8) is 0 Å². The predicted molar refractivity (Wildman–Crippen MR) is 75.6 cm³/mol. The average Bonchev–Trinajstić information content (AvgIpc) is 2.96. The third-order valence-corrected chi connectivity index (χ3v) is 3.69. The minimum absolute atomic E-state index is 0.101. The number of nitrogens with zero attached hydrogens (tertiary/aromatic N) is 1. The molecule has 1 heterocycles. The van der Waals surface area contributed by atoms with Crippen molar-refractivity contribution in [3.8, 4) is 11.5 Å². The van der Waals surface area contributed by atoms with E-state index >= 15 is 0 Å². The van der Waals surface area contributed by atoms with Crippen LogP contribution in [-0.2, 0) is 16.0 Å². The van der Waals surface area contributed by atoms with E-state index in [1.54, 1.807) is 25.3 Å². The van der Waals surface area contributed by atoms with Gasteiger partial charge in [-0.15, -0.1) is 0 Å².